The SMILES string of the molecule is [C-]#[N+]c1ccc2c(c1)c1ccccc1n2-c1ccccc1-c1ccccc1-c1ccc(-n2c3ccccc3c3ccccc32)cc1C#N. The molecular formula is C44H26N4. The minimum absolute atomic E-state index is 0.614. The summed E-state index contributed by atoms with van der Waals surface area (Å²) < 4.78 is 4.54. The van der Waals surface area contributed by atoms with Crippen LogP contribution in [0.2, 0.25) is 0 Å². The lowest BCUT2D eigenvalue weighted by atomic mass is 9.91. The zero-order valence-electron chi connectivity index (χ0n) is 25.8. The van der Waals surface area contributed by atoms with E-state index in [2.05, 4.69) is 141 Å². The molecule has 0 saturated carbocycles. The van der Waals surface area contributed by atoms with E-state index < -0.39 is 0 Å². The minimum Gasteiger partial charge on any atom is -0.309 e. The van der Waals surface area contributed by atoms with Crippen molar-refractivity contribution in [2.75, 3.05) is 0 Å². The topological polar surface area (TPSA) is 38.0 Å². The molecule has 4 nitrogen and oxygen atoms in total. The first kappa shape index (κ1) is 27.4. The highest BCUT2D eigenvalue weighted by atomic mass is 15.0. The summed E-state index contributed by atoms with van der Waals surface area (Å²) in [6.45, 7) is 7.60. The van der Waals surface area contributed by atoms with Gasteiger partial charge in [-0.05, 0) is 65.0 Å². The first-order valence-corrected chi connectivity index (χ1v) is 15.9. The van der Waals surface area contributed by atoms with Crippen molar-refractivity contribution in [2.45, 2.75) is 0 Å². The number of aromatic nitrogens is 2. The molecule has 2 heterocycles. The summed E-state index contributed by atoms with van der Waals surface area (Å²) in [7, 11) is 0. The Morgan fingerprint density at radius 2 is 0.979 bits per heavy atom. The third kappa shape index (κ3) is 4.07. The monoisotopic (exact) mass is 610 g/mol. The second-order valence-electron chi connectivity index (χ2n) is 11.9. The zero-order valence-corrected chi connectivity index (χ0v) is 25.8. The van der Waals surface area contributed by atoms with Crippen LogP contribution in [0.3, 0.4) is 0 Å². The molecule has 0 unspecified atom stereocenters. The van der Waals surface area contributed by atoms with Crippen LogP contribution >= 0.6 is 0 Å². The van der Waals surface area contributed by atoms with Gasteiger partial charge < -0.3 is 9.13 Å². The normalized spacial score (nSPS) is 11.3. The highest BCUT2D eigenvalue weighted by molar-refractivity contribution is 6.11. The Morgan fingerprint density at radius 1 is 0.458 bits per heavy atom. The standard InChI is InChI=1S/C44H26N4/c1-46-30-22-25-44-39(27-30)38-17-7-11-21-43(38)48(44)42-20-10-4-14-35(42)34-13-3-2-12-33(34)32-24-23-31(26-29(32)28-45)47-40-18-8-5-15-36(40)37-16-6-9-19-41(37)47/h2-27H. The molecule has 7 aromatic carbocycles. The maximum atomic E-state index is 10.6. The average Bonchev–Trinajstić information content (AvgIpc) is 3.67. The van der Waals surface area contributed by atoms with E-state index in [4.69, 9.17) is 6.57 Å². The average molecular weight is 611 g/mol. The molecule has 0 bridgehead atoms. The molecule has 0 radical (unpaired) electrons. The van der Waals surface area contributed by atoms with Gasteiger partial charge in [-0.1, -0.05) is 109 Å². The summed E-state index contributed by atoms with van der Waals surface area (Å²) in [5, 5.41) is 15.1. The summed E-state index contributed by atoms with van der Waals surface area (Å²) in [5.74, 6) is 0. The van der Waals surface area contributed by atoms with Crippen molar-refractivity contribution in [2.24, 2.45) is 0 Å². The molecule has 0 aliphatic rings. The van der Waals surface area contributed by atoms with Gasteiger partial charge in [0.1, 0.15) is 0 Å². The van der Waals surface area contributed by atoms with Crippen molar-refractivity contribution < 1.29 is 0 Å². The van der Waals surface area contributed by atoms with Crippen LogP contribution < -0.4 is 0 Å². The first-order chi connectivity index (χ1) is 23.7. The highest BCUT2D eigenvalue weighted by Gasteiger charge is 2.19. The van der Waals surface area contributed by atoms with Crippen LogP contribution in [-0.4, -0.2) is 9.13 Å². The fourth-order valence-electron chi connectivity index (χ4n) is 7.34. The maximum absolute atomic E-state index is 10.6. The van der Waals surface area contributed by atoms with E-state index in [-0.39, 0.29) is 0 Å². The molecule has 48 heavy (non-hydrogen) atoms. The third-order valence-corrected chi connectivity index (χ3v) is 9.40. The van der Waals surface area contributed by atoms with Crippen LogP contribution in [0.1, 0.15) is 5.56 Å². The van der Waals surface area contributed by atoms with E-state index in [1.54, 1.807) is 0 Å². The van der Waals surface area contributed by atoms with Crippen LogP contribution in [0.4, 0.5) is 5.69 Å². The van der Waals surface area contributed by atoms with E-state index in [0.717, 1.165) is 66.5 Å². The molecule has 0 saturated heterocycles. The van der Waals surface area contributed by atoms with Gasteiger partial charge in [-0.25, -0.2) is 4.85 Å². The number of nitriles is 1. The molecule has 0 fully saturated rings. The fourth-order valence-corrected chi connectivity index (χ4v) is 7.34. The molecule has 0 aliphatic heterocycles. The van der Waals surface area contributed by atoms with Gasteiger partial charge in [0.25, 0.3) is 0 Å². The molecule has 9 aromatic rings. The molecule has 0 atom stereocenters. The summed E-state index contributed by atoms with van der Waals surface area (Å²) in [6, 6.07) is 56.7. The summed E-state index contributed by atoms with van der Waals surface area (Å²) >= 11 is 0. The van der Waals surface area contributed by atoms with Crippen LogP contribution in [0.5, 0.6) is 0 Å². The van der Waals surface area contributed by atoms with E-state index in [1.807, 2.05) is 36.4 Å². The second kappa shape index (κ2) is 10.9. The first-order valence-electron chi connectivity index (χ1n) is 15.9. The lowest BCUT2D eigenvalue weighted by molar-refractivity contribution is 1.18. The fraction of sp³-hybridized carbons (Fsp3) is 0. The zero-order chi connectivity index (χ0) is 32.2. The molecule has 0 amide bonds. The van der Waals surface area contributed by atoms with Gasteiger partial charge in [-0.15, -0.1) is 0 Å². The van der Waals surface area contributed by atoms with E-state index >= 15 is 0 Å². The van der Waals surface area contributed by atoms with Gasteiger partial charge in [0.15, 0.2) is 5.69 Å². The quantitative estimate of drug-likeness (QED) is 0.183. The van der Waals surface area contributed by atoms with Gasteiger partial charge in [0.05, 0.1) is 46.0 Å². The summed E-state index contributed by atoms with van der Waals surface area (Å²) in [6.07, 6.45) is 0. The molecule has 222 valence electrons. The highest BCUT2D eigenvalue weighted by Crippen LogP contribution is 2.41. The Labute approximate surface area is 277 Å². The van der Waals surface area contributed by atoms with Crippen LogP contribution in [0.15, 0.2) is 158 Å². The number of nitrogens with zero attached hydrogens (tertiary/aromatic N) is 4. The number of hydrogen-bond acceptors (Lipinski definition) is 1. The summed E-state index contributed by atoms with van der Waals surface area (Å²) in [5.41, 5.74) is 11.5. The van der Waals surface area contributed by atoms with Crippen molar-refractivity contribution in [3.63, 3.8) is 0 Å². The molecule has 2 aromatic heterocycles. The summed E-state index contributed by atoms with van der Waals surface area (Å²) in [4.78, 5) is 3.70. The molecular weight excluding hydrogens is 585 g/mol. The van der Waals surface area contributed by atoms with Crippen LogP contribution in [0, 0.1) is 17.9 Å². The van der Waals surface area contributed by atoms with Gasteiger partial charge in [0.2, 0.25) is 0 Å². The number of fused-ring (bicyclic) bond motifs is 6. The molecule has 9 rings (SSSR count). The maximum Gasteiger partial charge on any atom is 0.188 e. The smallest absolute Gasteiger partial charge is 0.188 e. The van der Waals surface area contributed by atoms with Crippen LogP contribution in [-0.2, 0) is 0 Å². The number of hydrogen-bond donors (Lipinski definition) is 0. The number of rotatable bonds is 4. The van der Waals surface area contributed by atoms with Crippen LogP contribution in [0.25, 0.3) is 82.1 Å². The molecule has 0 aliphatic carbocycles. The molecule has 0 N–H and O–H groups in total. The van der Waals surface area contributed by atoms with Gasteiger partial charge >= 0.3 is 0 Å². The van der Waals surface area contributed by atoms with Crippen molar-refractivity contribution in [3.05, 3.63) is 175 Å². The van der Waals surface area contributed by atoms with Gasteiger partial charge in [-0.3, -0.25) is 0 Å². The Morgan fingerprint density at radius 3 is 1.62 bits per heavy atom. The van der Waals surface area contributed by atoms with Crippen molar-refractivity contribution >= 4 is 49.3 Å². The van der Waals surface area contributed by atoms with Crippen molar-refractivity contribution in [3.8, 4) is 39.7 Å². The predicted octanol–water partition coefficient (Wildman–Crippen LogP) is 11.6. The Hall–Kier alpha value is -6.88. The molecule has 0 spiro atoms. The molecule has 4 heteroatoms. The van der Waals surface area contributed by atoms with Gasteiger partial charge in [0, 0.05) is 33.0 Å². The Balaban J connectivity index is 1.25. The van der Waals surface area contributed by atoms with Gasteiger partial charge in [-0.2, -0.15) is 5.26 Å². The lowest BCUT2D eigenvalue weighted by Crippen LogP contribution is -1.99. The van der Waals surface area contributed by atoms with Crippen molar-refractivity contribution in [1.82, 2.24) is 9.13 Å². The minimum atomic E-state index is 0.614. The number of para-hydroxylation sites is 4. The van der Waals surface area contributed by atoms with E-state index in [1.165, 1.54) is 10.8 Å². The van der Waals surface area contributed by atoms with Crippen molar-refractivity contribution in [1.29, 1.82) is 5.26 Å². The Kier molecular flexibility index (Phi) is 6.22. The number of benzene rings is 7. The van der Waals surface area contributed by atoms with E-state index in [9.17, 15) is 5.26 Å². The van der Waals surface area contributed by atoms with E-state index in [0.29, 0.717) is 11.3 Å². The Bertz CT molecular complexity index is 2760. The predicted molar refractivity (Wildman–Crippen MR) is 197 cm³/mol. The largest absolute Gasteiger partial charge is 0.309 e. The lowest BCUT2D eigenvalue weighted by Gasteiger charge is -2.18. The second-order valence-corrected chi connectivity index (χ2v) is 11.9. The third-order valence-electron chi connectivity index (χ3n) is 9.40.